The average molecular weight is 239 g/mol. The Labute approximate surface area is 102 Å². The first-order chi connectivity index (χ1) is 8.00. The van der Waals surface area contributed by atoms with Crippen molar-refractivity contribution in [3.8, 4) is 0 Å². The Morgan fingerprint density at radius 3 is 2.82 bits per heavy atom. The number of hydrogen-bond acceptors (Lipinski definition) is 5. The van der Waals surface area contributed by atoms with Crippen molar-refractivity contribution in [3.05, 3.63) is 11.7 Å². The summed E-state index contributed by atoms with van der Waals surface area (Å²) in [6, 6.07) is 0.250. The lowest BCUT2D eigenvalue weighted by Gasteiger charge is -2.20. The van der Waals surface area contributed by atoms with Crippen LogP contribution in [0.1, 0.15) is 45.3 Å². The third kappa shape index (κ3) is 2.84. The van der Waals surface area contributed by atoms with Crippen LogP contribution >= 0.6 is 0 Å². The monoisotopic (exact) mass is 239 g/mol. The highest BCUT2D eigenvalue weighted by Gasteiger charge is 2.27. The fourth-order valence-corrected chi connectivity index (χ4v) is 2.11. The molecule has 1 N–H and O–H groups in total. The molecule has 1 saturated heterocycles. The third-order valence-corrected chi connectivity index (χ3v) is 3.19. The molecule has 96 valence electrons. The first kappa shape index (κ1) is 12.5. The molecule has 1 atom stereocenters. The molecule has 1 fully saturated rings. The smallest absolute Gasteiger partial charge is 0.240 e. The zero-order valence-electron chi connectivity index (χ0n) is 10.8. The predicted molar refractivity (Wildman–Crippen MR) is 63.5 cm³/mol. The van der Waals surface area contributed by atoms with Crippen LogP contribution in [0, 0.1) is 0 Å². The summed E-state index contributed by atoms with van der Waals surface area (Å²) in [7, 11) is 0. The van der Waals surface area contributed by atoms with Crippen LogP contribution in [0.2, 0.25) is 0 Å². The van der Waals surface area contributed by atoms with Crippen LogP contribution in [-0.2, 0) is 12.0 Å². The van der Waals surface area contributed by atoms with Gasteiger partial charge >= 0.3 is 0 Å². The zero-order valence-corrected chi connectivity index (χ0v) is 10.8. The first-order valence-corrected chi connectivity index (χ1v) is 6.18. The summed E-state index contributed by atoms with van der Waals surface area (Å²) in [5.41, 5.74) is -0.0802. The van der Waals surface area contributed by atoms with Gasteiger partial charge in [-0.1, -0.05) is 25.9 Å². The maximum absolute atomic E-state index is 9.24. The molecule has 1 aromatic heterocycles. The number of aliphatic hydroxyl groups excluding tert-OH is 1. The van der Waals surface area contributed by atoms with Gasteiger partial charge in [0.05, 0.1) is 13.2 Å². The molecule has 5 nitrogen and oxygen atoms in total. The van der Waals surface area contributed by atoms with Crippen molar-refractivity contribution in [2.24, 2.45) is 0 Å². The van der Waals surface area contributed by atoms with Gasteiger partial charge in [0.1, 0.15) is 0 Å². The summed E-state index contributed by atoms with van der Waals surface area (Å²) in [5.74, 6) is 1.39. The number of nitrogens with zero attached hydrogens (tertiary/aromatic N) is 3. The van der Waals surface area contributed by atoms with Gasteiger partial charge in [0, 0.05) is 11.5 Å². The van der Waals surface area contributed by atoms with E-state index in [4.69, 9.17) is 4.52 Å². The Morgan fingerprint density at radius 1 is 1.47 bits per heavy atom. The second kappa shape index (κ2) is 4.74. The standard InChI is InChI=1S/C12H21N3O2/c1-12(2,3)11-13-10(17-14-11)7-15-6-4-5-9(15)8-16/h9,16H,4-8H2,1-3H3. The van der Waals surface area contributed by atoms with E-state index in [9.17, 15) is 5.11 Å². The molecule has 1 aromatic rings. The predicted octanol–water partition coefficient (Wildman–Crippen LogP) is 1.32. The van der Waals surface area contributed by atoms with E-state index in [0.717, 1.165) is 25.2 Å². The third-order valence-electron chi connectivity index (χ3n) is 3.19. The van der Waals surface area contributed by atoms with Crippen molar-refractivity contribution < 1.29 is 9.63 Å². The fraction of sp³-hybridized carbons (Fsp3) is 0.833. The van der Waals surface area contributed by atoms with E-state index in [2.05, 4.69) is 35.8 Å². The highest BCUT2D eigenvalue weighted by Crippen LogP contribution is 2.21. The van der Waals surface area contributed by atoms with Crippen molar-refractivity contribution in [2.45, 2.75) is 51.6 Å². The van der Waals surface area contributed by atoms with Gasteiger partial charge in [0.2, 0.25) is 5.89 Å². The topological polar surface area (TPSA) is 62.4 Å². The van der Waals surface area contributed by atoms with Gasteiger partial charge in [0.25, 0.3) is 0 Å². The quantitative estimate of drug-likeness (QED) is 0.862. The summed E-state index contributed by atoms with van der Waals surface area (Å²) in [6.07, 6.45) is 2.18. The Kier molecular flexibility index (Phi) is 3.49. The van der Waals surface area contributed by atoms with Gasteiger partial charge in [-0.05, 0) is 19.4 Å². The van der Waals surface area contributed by atoms with Crippen LogP contribution in [0.25, 0.3) is 0 Å². The van der Waals surface area contributed by atoms with Crippen molar-refractivity contribution in [1.29, 1.82) is 0 Å². The highest BCUT2D eigenvalue weighted by atomic mass is 16.5. The van der Waals surface area contributed by atoms with Crippen molar-refractivity contribution >= 4 is 0 Å². The van der Waals surface area contributed by atoms with Gasteiger partial charge < -0.3 is 9.63 Å². The Hall–Kier alpha value is -0.940. The van der Waals surface area contributed by atoms with Crippen LogP contribution < -0.4 is 0 Å². The number of likely N-dealkylation sites (tertiary alicyclic amines) is 1. The molecule has 0 aliphatic carbocycles. The molecule has 0 aromatic carbocycles. The molecule has 1 unspecified atom stereocenters. The molecular weight excluding hydrogens is 218 g/mol. The van der Waals surface area contributed by atoms with E-state index >= 15 is 0 Å². The van der Waals surface area contributed by atoms with Crippen LogP contribution in [-0.4, -0.2) is 39.3 Å². The first-order valence-electron chi connectivity index (χ1n) is 6.18. The number of aliphatic hydroxyl groups is 1. The Morgan fingerprint density at radius 2 is 2.24 bits per heavy atom. The molecule has 0 radical (unpaired) electrons. The molecule has 0 saturated carbocycles. The highest BCUT2D eigenvalue weighted by molar-refractivity contribution is 5.00. The summed E-state index contributed by atoms with van der Waals surface area (Å²) in [4.78, 5) is 6.62. The molecule has 0 amide bonds. The second-order valence-electron chi connectivity index (χ2n) is 5.71. The summed E-state index contributed by atoms with van der Waals surface area (Å²) in [5, 5.41) is 13.2. The minimum atomic E-state index is -0.0802. The van der Waals surface area contributed by atoms with E-state index in [1.165, 1.54) is 0 Å². The lowest BCUT2D eigenvalue weighted by atomic mass is 9.96. The zero-order chi connectivity index (χ0) is 12.5. The van der Waals surface area contributed by atoms with Gasteiger partial charge in [-0.25, -0.2) is 0 Å². The largest absolute Gasteiger partial charge is 0.395 e. The lowest BCUT2D eigenvalue weighted by Crippen LogP contribution is -2.31. The molecule has 0 spiro atoms. The van der Waals surface area contributed by atoms with Crippen LogP contribution in [0.15, 0.2) is 4.52 Å². The number of hydrogen-bond donors (Lipinski definition) is 1. The summed E-state index contributed by atoms with van der Waals surface area (Å²) in [6.45, 7) is 8.04. The van der Waals surface area contributed by atoms with Crippen LogP contribution in [0.4, 0.5) is 0 Å². The molecule has 2 heterocycles. The SMILES string of the molecule is CC(C)(C)c1noc(CN2CCCC2CO)n1. The lowest BCUT2D eigenvalue weighted by molar-refractivity contribution is 0.141. The van der Waals surface area contributed by atoms with Crippen molar-refractivity contribution in [3.63, 3.8) is 0 Å². The van der Waals surface area contributed by atoms with Gasteiger partial charge in [0.15, 0.2) is 5.82 Å². The molecule has 17 heavy (non-hydrogen) atoms. The Bertz CT molecular complexity index is 370. The fourth-order valence-electron chi connectivity index (χ4n) is 2.11. The van der Waals surface area contributed by atoms with E-state index in [1.807, 2.05) is 0 Å². The normalized spacial score (nSPS) is 22.2. The van der Waals surface area contributed by atoms with Gasteiger partial charge in [-0.3, -0.25) is 4.90 Å². The van der Waals surface area contributed by atoms with E-state index in [-0.39, 0.29) is 18.1 Å². The maximum Gasteiger partial charge on any atom is 0.240 e. The van der Waals surface area contributed by atoms with Crippen LogP contribution in [0.5, 0.6) is 0 Å². The Balaban J connectivity index is 2.02. The second-order valence-corrected chi connectivity index (χ2v) is 5.71. The van der Waals surface area contributed by atoms with Crippen LogP contribution in [0.3, 0.4) is 0 Å². The molecule has 2 rings (SSSR count). The average Bonchev–Trinajstić information content (AvgIpc) is 2.86. The molecule has 1 aliphatic heterocycles. The molecule has 5 heteroatoms. The summed E-state index contributed by atoms with van der Waals surface area (Å²) < 4.78 is 5.26. The maximum atomic E-state index is 9.24. The van der Waals surface area contributed by atoms with E-state index in [0.29, 0.717) is 12.4 Å². The van der Waals surface area contributed by atoms with Gasteiger partial charge in [-0.15, -0.1) is 0 Å². The van der Waals surface area contributed by atoms with Gasteiger partial charge in [-0.2, -0.15) is 4.98 Å². The molecular formula is C12H21N3O2. The molecule has 0 bridgehead atoms. The number of aromatic nitrogens is 2. The molecule has 1 aliphatic rings. The number of rotatable bonds is 3. The van der Waals surface area contributed by atoms with E-state index in [1.54, 1.807) is 0 Å². The summed E-state index contributed by atoms with van der Waals surface area (Å²) >= 11 is 0. The minimum Gasteiger partial charge on any atom is -0.395 e. The van der Waals surface area contributed by atoms with Crippen molar-refractivity contribution in [1.82, 2.24) is 15.0 Å². The van der Waals surface area contributed by atoms with Crippen molar-refractivity contribution in [2.75, 3.05) is 13.2 Å². The van der Waals surface area contributed by atoms with E-state index < -0.39 is 0 Å². The minimum absolute atomic E-state index is 0.0802.